The maximum Gasteiger partial charge on any atom is 0.237 e. The van der Waals surface area contributed by atoms with E-state index in [0.717, 1.165) is 17.0 Å². The number of rotatable bonds is 5. The van der Waals surface area contributed by atoms with Gasteiger partial charge in [-0.25, -0.2) is 9.97 Å². The molecule has 0 unspecified atom stereocenters. The molecule has 0 aliphatic carbocycles. The molecule has 0 spiro atoms. The molecule has 2 rings (SSSR count). The summed E-state index contributed by atoms with van der Waals surface area (Å²) in [5.74, 6) is -0.271. The summed E-state index contributed by atoms with van der Waals surface area (Å²) < 4.78 is 0. The van der Waals surface area contributed by atoms with Crippen LogP contribution in [0.15, 0.2) is 29.4 Å². The van der Waals surface area contributed by atoms with Crippen LogP contribution >= 0.6 is 11.8 Å². The normalized spacial score (nSPS) is 11.9. The Bertz CT molecular complexity index is 767. The van der Waals surface area contributed by atoms with E-state index in [1.807, 2.05) is 20.8 Å². The molecule has 0 saturated carbocycles. The summed E-state index contributed by atoms with van der Waals surface area (Å²) in [6.07, 6.45) is 0. The van der Waals surface area contributed by atoms with E-state index in [-0.39, 0.29) is 16.9 Å². The van der Waals surface area contributed by atoms with Crippen molar-refractivity contribution in [1.82, 2.24) is 9.97 Å². The van der Waals surface area contributed by atoms with Crippen LogP contribution in [-0.4, -0.2) is 26.9 Å². The number of carbonyl (C=O) groups is 2. The molecule has 0 bridgehead atoms. The van der Waals surface area contributed by atoms with Gasteiger partial charge in [-0.1, -0.05) is 23.9 Å². The predicted molar refractivity (Wildman–Crippen MR) is 96.6 cm³/mol. The van der Waals surface area contributed by atoms with Crippen LogP contribution in [0.1, 0.15) is 41.2 Å². The molecule has 0 aliphatic rings. The molecule has 1 aromatic carbocycles. The molecule has 2 aromatic rings. The van der Waals surface area contributed by atoms with Gasteiger partial charge in [0.2, 0.25) is 5.91 Å². The topological polar surface area (TPSA) is 72.0 Å². The Balaban J connectivity index is 2.12. The van der Waals surface area contributed by atoms with Gasteiger partial charge in [0.05, 0.1) is 10.9 Å². The molecule has 6 heteroatoms. The minimum Gasteiger partial charge on any atom is -0.324 e. The first-order valence-electron chi connectivity index (χ1n) is 7.69. The highest BCUT2D eigenvalue weighted by molar-refractivity contribution is 8.00. The summed E-state index contributed by atoms with van der Waals surface area (Å²) in [5.41, 5.74) is 3.92. The van der Waals surface area contributed by atoms with Gasteiger partial charge in [-0.05, 0) is 52.3 Å². The third-order valence-corrected chi connectivity index (χ3v) is 4.79. The number of Topliss-reactive ketones (excluding diaryl/α,β-unsaturated/α-hetero) is 1. The first-order chi connectivity index (χ1) is 11.3. The zero-order chi connectivity index (χ0) is 17.9. The highest BCUT2D eigenvalue weighted by atomic mass is 32.2. The first kappa shape index (κ1) is 18.1. The van der Waals surface area contributed by atoms with E-state index in [4.69, 9.17) is 0 Å². The molecule has 24 heavy (non-hydrogen) atoms. The Labute approximate surface area is 146 Å². The highest BCUT2D eigenvalue weighted by Gasteiger charge is 2.19. The van der Waals surface area contributed by atoms with Gasteiger partial charge in [0, 0.05) is 17.0 Å². The van der Waals surface area contributed by atoms with Crippen LogP contribution in [0.25, 0.3) is 0 Å². The maximum atomic E-state index is 12.4. The number of ketones is 1. The first-order valence-corrected chi connectivity index (χ1v) is 8.57. The summed E-state index contributed by atoms with van der Waals surface area (Å²) >= 11 is 1.30. The molecule has 0 fully saturated rings. The van der Waals surface area contributed by atoms with Crippen LogP contribution in [-0.2, 0) is 4.79 Å². The third kappa shape index (κ3) is 4.20. The van der Waals surface area contributed by atoms with Gasteiger partial charge in [0.15, 0.2) is 10.9 Å². The van der Waals surface area contributed by atoms with Gasteiger partial charge in [-0.2, -0.15) is 0 Å². The quantitative estimate of drug-likeness (QED) is 0.509. The van der Waals surface area contributed by atoms with Crippen molar-refractivity contribution < 1.29 is 9.59 Å². The van der Waals surface area contributed by atoms with Crippen LogP contribution in [0.3, 0.4) is 0 Å². The molecule has 0 aliphatic heterocycles. The van der Waals surface area contributed by atoms with E-state index < -0.39 is 0 Å². The second-order valence-corrected chi connectivity index (χ2v) is 6.96. The van der Waals surface area contributed by atoms with E-state index in [9.17, 15) is 9.59 Å². The lowest BCUT2D eigenvalue weighted by molar-refractivity contribution is -0.115. The van der Waals surface area contributed by atoms with E-state index in [0.29, 0.717) is 16.4 Å². The van der Waals surface area contributed by atoms with E-state index in [1.165, 1.54) is 18.7 Å². The van der Waals surface area contributed by atoms with E-state index in [1.54, 1.807) is 31.2 Å². The monoisotopic (exact) mass is 343 g/mol. The number of carbonyl (C=O) groups excluding carboxylic acids is 2. The average Bonchev–Trinajstić information content (AvgIpc) is 2.52. The Morgan fingerprint density at radius 1 is 1.08 bits per heavy atom. The largest absolute Gasteiger partial charge is 0.324 e. The molecule has 1 atom stereocenters. The Kier molecular flexibility index (Phi) is 5.72. The lowest BCUT2D eigenvalue weighted by Crippen LogP contribution is -2.23. The Morgan fingerprint density at radius 3 is 2.25 bits per heavy atom. The minimum atomic E-state index is -0.383. The smallest absolute Gasteiger partial charge is 0.237 e. The highest BCUT2D eigenvalue weighted by Crippen LogP contribution is 2.24. The van der Waals surface area contributed by atoms with Crippen LogP contribution in [0.4, 0.5) is 5.69 Å². The molecule has 5 nitrogen and oxygen atoms in total. The number of hydrogen-bond donors (Lipinski definition) is 1. The van der Waals surface area contributed by atoms with Crippen molar-refractivity contribution in [1.29, 1.82) is 0 Å². The van der Waals surface area contributed by atoms with Crippen LogP contribution in [0.2, 0.25) is 0 Å². The number of amides is 1. The summed E-state index contributed by atoms with van der Waals surface area (Å²) in [6.45, 7) is 9.12. The van der Waals surface area contributed by atoms with Crippen molar-refractivity contribution >= 4 is 29.1 Å². The van der Waals surface area contributed by atoms with Crippen LogP contribution < -0.4 is 5.32 Å². The van der Waals surface area contributed by atoms with Gasteiger partial charge in [-0.3, -0.25) is 9.59 Å². The van der Waals surface area contributed by atoms with Crippen molar-refractivity contribution in [2.24, 2.45) is 0 Å². The second kappa shape index (κ2) is 7.57. The summed E-state index contributed by atoms with van der Waals surface area (Å²) in [7, 11) is 0. The fourth-order valence-corrected chi connectivity index (χ4v) is 3.00. The molecule has 1 heterocycles. The molecular weight excluding hydrogens is 322 g/mol. The molecule has 0 radical (unpaired) electrons. The van der Waals surface area contributed by atoms with Gasteiger partial charge < -0.3 is 5.32 Å². The second-order valence-electron chi connectivity index (χ2n) is 5.65. The number of aromatic nitrogens is 2. The zero-order valence-electron chi connectivity index (χ0n) is 14.5. The predicted octanol–water partition coefficient (Wildman–Crippen LogP) is 3.72. The number of benzene rings is 1. The third-order valence-electron chi connectivity index (χ3n) is 3.83. The lowest BCUT2D eigenvalue weighted by Gasteiger charge is -2.14. The average molecular weight is 343 g/mol. The molecule has 1 aromatic heterocycles. The number of aryl methyl sites for hydroxylation is 2. The SMILES string of the molecule is CC(=O)c1ccccc1NC(=O)[C@H](C)Sc1nc(C)c(C)c(C)n1. The van der Waals surface area contributed by atoms with Gasteiger partial charge in [-0.15, -0.1) is 0 Å². The van der Waals surface area contributed by atoms with Crippen molar-refractivity contribution in [3.63, 3.8) is 0 Å². The van der Waals surface area contributed by atoms with E-state index in [2.05, 4.69) is 15.3 Å². The van der Waals surface area contributed by atoms with Crippen molar-refractivity contribution in [2.45, 2.75) is 45.0 Å². The fraction of sp³-hybridized carbons (Fsp3) is 0.333. The van der Waals surface area contributed by atoms with Gasteiger partial charge in [0.25, 0.3) is 0 Å². The number of anilines is 1. The summed E-state index contributed by atoms with van der Waals surface area (Å²) in [4.78, 5) is 32.9. The van der Waals surface area contributed by atoms with Gasteiger partial charge >= 0.3 is 0 Å². The Morgan fingerprint density at radius 2 is 1.67 bits per heavy atom. The summed E-state index contributed by atoms with van der Waals surface area (Å²) in [5, 5.41) is 3.02. The number of nitrogens with one attached hydrogen (secondary N) is 1. The van der Waals surface area contributed by atoms with Crippen LogP contribution in [0.5, 0.6) is 0 Å². The van der Waals surface area contributed by atoms with Crippen molar-refractivity contribution in [3.05, 3.63) is 46.8 Å². The lowest BCUT2D eigenvalue weighted by atomic mass is 10.1. The Hall–Kier alpha value is -2.21. The summed E-state index contributed by atoms with van der Waals surface area (Å²) in [6, 6.07) is 6.99. The van der Waals surface area contributed by atoms with E-state index >= 15 is 0 Å². The number of hydrogen-bond acceptors (Lipinski definition) is 5. The standard InChI is InChI=1S/C18H21N3O2S/c1-10-11(2)19-18(20-12(10)3)24-14(5)17(23)21-16-9-7-6-8-15(16)13(4)22/h6-9,14H,1-5H3,(H,21,23)/t14-/m0/s1. The van der Waals surface area contributed by atoms with Crippen molar-refractivity contribution in [2.75, 3.05) is 5.32 Å². The number of para-hydroxylation sites is 1. The fourth-order valence-electron chi connectivity index (χ4n) is 2.14. The molecule has 1 N–H and O–H groups in total. The number of nitrogens with zero attached hydrogens (tertiary/aromatic N) is 2. The molecule has 1 amide bonds. The molecule has 126 valence electrons. The maximum absolute atomic E-state index is 12.4. The van der Waals surface area contributed by atoms with Crippen molar-refractivity contribution in [3.8, 4) is 0 Å². The zero-order valence-corrected chi connectivity index (χ0v) is 15.3. The number of thioether (sulfide) groups is 1. The molecule has 0 saturated heterocycles. The molecular formula is C18H21N3O2S. The minimum absolute atomic E-state index is 0.0840. The van der Waals surface area contributed by atoms with Crippen LogP contribution in [0, 0.1) is 20.8 Å². The van der Waals surface area contributed by atoms with Gasteiger partial charge in [0.1, 0.15) is 0 Å².